The third-order valence-electron chi connectivity index (χ3n) is 3.52. The smallest absolute Gasteiger partial charge is 0.250 e. The molecule has 1 atom stereocenters. The van der Waals surface area contributed by atoms with Crippen LogP contribution in [0.5, 0.6) is 0 Å². The Morgan fingerprint density at radius 1 is 1.10 bits per heavy atom. The van der Waals surface area contributed by atoms with E-state index in [0.29, 0.717) is 11.4 Å². The molecule has 0 radical (unpaired) electrons. The summed E-state index contributed by atoms with van der Waals surface area (Å²) in [6, 6.07) is 10.9. The van der Waals surface area contributed by atoms with Crippen molar-refractivity contribution >= 4 is 17.9 Å². The average molecular weight is 304 g/mol. The highest BCUT2D eigenvalue weighted by molar-refractivity contribution is 6.30. The Labute approximate surface area is 129 Å². The maximum Gasteiger partial charge on any atom is 0.250 e. The molecule has 0 fully saturated rings. The van der Waals surface area contributed by atoms with Crippen LogP contribution < -0.4 is 5.56 Å². The lowest BCUT2D eigenvalue weighted by Gasteiger charge is -2.18. The third kappa shape index (κ3) is 3.61. The number of nitrogens with zero attached hydrogens (tertiary/aromatic N) is 1. The fraction of sp³-hybridized carbons (Fsp3) is 0.294. The summed E-state index contributed by atoms with van der Waals surface area (Å²) in [5, 5.41) is 0.663. The number of benzene rings is 1. The van der Waals surface area contributed by atoms with Crippen molar-refractivity contribution in [3.8, 4) is 0 Å². The highest BCUT2D eigenvalue weighted by atomic mass is 35.5. The first-order valence-electron chi connectivity index (χ1n) is 6.94. The van der Waals surface area contributed by atoms with Gasteiger partial charge in [-0.1, -0.05) is 29.8 Å². The molecule has 1 heterocycles. The van der Waals surface area contributed by atoms with Crippen LogP contribution in [-0.4, -0.2) is 10.9 Å². The monoisotopic (exact) mass is 303 g/mol. The van der Waals surface area contributed by atoms with E-state index in [4.69, 9.17) is 11.6 Å². The van der Waals surface area contributed by atoms with Crippen molar-refractivity contribution in [1.29, 1.82) is 0 Å². The van der Waals surface area contributed by atoms with E-state index in [1.807, 2.05) is 44.3 Å². The molecule has 0 spiro atoms. The lowest BCUT2D eigenvalue weighted by atomic mass is 9.90. The molecule has 0 aliphatic heterocycles. The molecule has 0 aliphatic carbocycles. The van der Waals surface area contributed by atoms with Crippen LogP contribution in [0.4, 0.5) is 0 Å². The summed E-state index contributed by atoms with van der Waals surface area (Å²) in [6.45, 7) is 3.92. The first kappa shape index (κ1) is 15.5. The highest BCUT2D eigenvalue weighted by Crippen LogP contribution is 2.28. The van der Waals surface area contributed by atoms with E-state index < -0.39 is 0 Å². The second-order valence-corrected chi connectivity index (χ2v) is 5.74. The number of rotatable bonds is 5. The zero-order valence-corrected chi connectivity index (χ0v) is 12.9. The lowest BCUT2D eigenvalue weighted by molar-refractivity contribution is -0.108. The Bertz CT molecular complexity index is 674. The lowest BCUT2D eigenvalue weighted by Crippen LogP contribution is -2.21. The first-order valence-corrected chi connectivity index (χ1v) is 7.32. The van der Waals surface area contributed by atoms with Crippen LogP contribution in [0.1, 0.15) is 43.4 Å². The van der Waals surface area contributed by atoms with Gasteiger partial charge in [0.15, 0.2) is 0 Å². The van der Waals surface area contributed by atoms with Gasteiger partial charge >= 0.3 is 0 Å². The molecule has 0 bridgehead atoms. The second-order valence-electron chi connectivity index (χ2n) is 5.31. The average Bonchev–Trinajstić information content (AvgIpc) is 2.46. The number of aromatic nitrogens is 1. The van der Waals surface area contributed by atoms with Gasteiger partial charge < -0.3 is 9.36 Å². The Morgan fingerprint density at radius 2 is 1.71 bits per heavy atom. The number of hydrogen-bond donors (Lipinski definition) is 0. The van der Waals surface area contributed by atoms with E-state index in [0.717, 1.165) is 17.4 Å². The number of hydrogen-bond acceptors (Lipinski definition) is 2. The molecule has 0 amide bonds. The van der Waals surface area contributed by atoms with Crippen molar-refractivity contribution in [3.63, 3.8) is 0 Å². The molecular formula is C17H18ClNO2. The van der Waals surface area contributed by atoms with Crippen molar-refractivity contribution in [2.24, 2.45) is 0 Å². The van der Waals surface area contributed by atoms with Gasteiger partial charge in [0.1, 0.15) is 6.29 Å². The minimum atomic E-state index is -0.0645. The quantitative estimate of drug-likeness (QED) is 0.788. The van der Waals surface area contributed by atoms with Gasteiger partial charge in [-0.25, -0.2) is 0 Å². The van der Waals surface area contributed by atoms with Crippen LogP contribution in [0, 0.1) is 0 Å². The van der Waals surface area contributed by atoms with Gasteiger partial charge in [-0.3, -0.25) is 4.79 Å². The number of aldehydes is 1. The molecule has 0 aliphatic rings. The summed E-state index contributed by atoms with van der Waals surface area (Å²) in [5.41, 5.74) is 1.94. The standard InChI is InChI=1S/C17H18ClNO2/c1-12(2)19-11-14(5-8-17(19)21)16(9-10-20)13-3-6-15(18)7-4-13/h3-8,10-12,16H,9H2,1-2H3. The van der Waals surface area contributed by atoms with E-state index in [9.17, 15) is 9.59 Å². The van der Waals surface area contributed by atoms with Gasteiger partial charge in [0, 0.05) is 35.7 Å². The number of pyridine rings is 1. The molecule has 1 unspecified atom stereocenters. The van der Waals surface area contributed by atoms with Gasteiger partial charge in [-0.2, -0.15) is 0 Å². The zero-order valence-electron chi connectivity index (χ0n) is 12.1. The third-order valence-corrected chi connectivity index (χ3v) is 3.78. The maximum atomic E-state index is 11.9. The zero-order chi connectivity index (χ0) is 15.4. The van der Waals surface area contributed by atoms with Crippen molar-refractivity contribution in [3.05, 3.63) is 69.1 Å². The molecule has 4 heteroatoms. The molecule has 110 valence electrons. The highest BCUT2D eigenvalue weighted by Gasteiger charge is 2.15. The molecule has 2 rings (SSSR count). The number of carbonyl (C=O) groups is 1. The van der Waals surface area contributed by atoms with Crippen LogP contribution >= 0.6 is 11.6 Å². The summed E-state index contributed by atoms with van der Waals surface area (Å²) in [4.78, 5) is 22.9. The van der Waals surface area contributed by atoms with Crippen LogP contribution in [0.2, 0.25) is 5.02 Å². The molecule has 1 aromatic carbocycles. The maximum absolute atomic E-state index is 11.9. The van der Waals surface area contributed by atoms with Crippen molar-refractivity contribution in [1.82, 2.24) is 4.57 Å². The molecule has 2 aromatic rings. The molecular weight excluding hydrogens is 286 g/mol. The Morgan fingerprint density at radius 3 is 2.29 bits per heavy atom. The van der Waals surface area contributed by atoms with E-state index in [1.165, 1.54) is 0 Å². The molecule has 0 N–H and O–H groups in total. The van der Waals surface area contributed by atoms with Crippen molar-refractivity contribution in [2.45, 2.75) is 32.2 Å². The topological polar surface area (TPSA) is 39.1 Å². The van der Waals surface area contributed by atoms with E-state index in [2.05, 4.69) is 0 Å². The predicted octanol–water partition coefficient (Wildman–Crippen LogP) is 3.80. The van der Waals surface area contributed by atoms with Gasteiger partial charge in [0.05, 0.1) is 0 Å². The molecule has 0 saturated carbocycles. The van der Waals surface area contributed by atoms with Crippen LogP contribution in [0.3, 0.4) is 0 Å². The normalized spacial score (nSPS) is 12.4. The summed E-state index contributed by atoms with van der Waals surface area (Å²) in [6.07, 6.45) is 3.12. The minimum absolute atomic E-state index is 0.0327. The van der Waals surface area contributed by atoms with Crippen molar-refractivity contribution in [2.75, 3.05) is 0 Å². The molecule has 0 saturated heterocycles. The van der Waals surface area contributed by atoms with Crippen molar-refractivity contribution < 1.29 is 4.79 Å². The molecule has 3 nitrogen and oxygen atoms in total. The number of carbonyl (C=O) groups excluding carboxylic acids is 1. The van der Waals surface area contributed by atoms with Gasteiger partial charge in [0.2, 0.25) is 0 Å². The fourth-order valence-corrected chi connectivity index (χ4v) is 2.51. The SMILES string of the molecule is CC(C)n1cc(C(CC=O)c2ccc(Cl)cc2)ccc1=O. The fourth-order valence-electron chi connectivity index (χ4n) is 2.39. The molecule has 1 aromatic heterocycles. The first-order chi connectivity index (χ1) is 10.0. The number of halogens is 1. The summed E-state index contributed by atoms with van der Waals surface area (Å²) in [7, 11) is 0. The summed E-state index contributed by atoms with van der Waals surface area (Å²) >= 11 is 5.91. The van der Waals surface area contributed by atoms with Gasteiger partial charge in [-0.15, -0.1) is 0 Å². The van der Waals surface area contributed by atoms with Crippen LogP contribution in [0.15, 0.2) is 47.4 Å². The molecule has 21 heavy (non-hydrogen) atoms. The van der Waals surface area contributed by atoms with E-state index in [-0.39, 0.29) is 17.5 Å². The van der Waals surface area contributed by atoms with Crippen LogP contribution in [0.25, 0.3) is 0 Å². The summed E-state index contributed by atoms with van der Waals surface area (Å²) in [5.74, 6) is -0.0645. The Hall–Kier alpha value is -1.87. The van der Waals surface area contributed by atoms with E-state index in [1.54, 1.807) is 16.7 Å². The second kappa shape index (κ2) is 6.72. The largest absolute Gasteiger partial charge is 0.313 e. The summed E-state index contributed by atoms with van der Waals surface area (Å²) < 4.78 is 1.68. The van der Waals surface area contributed by atoms with Gasteiger partial charge in [-0.05, 0) is 37.1 Å². The van der Waals surface area contributed by atoms with Gasteiger partial charge in [0.25, 0.3) is 5.56 Å². The predicted molar refractivity (Wildman–Crippen MR) is 85.1 cm³/mol. The van der Waals surface area contributed by atoms with Crippen LogP contribution in [-0.2, 0) is 4.79 Å². The Kier molecular flexibility index (Phi) is 4.97. The van der Waals surface area contributed by atoms with E-state index >= 15 is 0 Å². The minimum Gasteiger partial charge on any atom is -0.313 e. The Balaban J connectivity index is 2.47.